The van der Waals surface area contributed by atoms with Crippen molar-refractivity contribution in [3.05, 3.63) is 55.1 Å². The molecule has 2 aromatic rings. The van der Waals surface area contributed by atoms with E-state index >= 15 is 0 Å². The van der Waals surface area contributed by atoms with Crippen molar-refractivity contribution in [2.45, 2.75) is 0 Å². The highest BCUT2D eigenvalue weighted by Gasteiger charge is 2.23. The molecule has 0 aromatic heterocycles. The predicted molar refractivity (Wildman–Crippen MR) is 110 cm³/mol. The maximum atomic E-state index is 12.5. The molecule has 0 fully saturated rings. The summed E-state index contributed by atoms with van der Waals surface area (Å²) in [5.41, 5.74) is 0.808. The van der Waals surface area contributed by atoms with E-state index in [0.29, 0.717) is 48.4 Å². The average Bonchev–Trinajstić information content (AvgIpc) is 2.69. The van der Waals surface area contributed by atoms with Gasteiger partial charge in [0.15, 0.2) is 11.5 Å². The van der Waals surface area contributed by atoms with Crippen LogP contribution in [0, 0.1) is 0 Å². The minimum atomic E-state index is -3.71. The molecule has 8 nitrogen and oxygen atoms in total. The lowest BCUT2D eigenvalue weighted by molar-refractivity contribution is -0.114. The number of ether oxygens (including phenoxy) is 3. The third-order valence-electron chi connectivity index (χ3n) is 3.99. The number of anilines is 2. The number of rotatable bonds is 8. The van der Waals surface area contributed by atoms with Gasteiger partial charge in [0.25, 0.3) is 0 Å². The Kier molecular flexibility index (Phi) is 6.28. The van der Waals surface area contributed by atoms with Crippen molar-refractivity contribution >= 4 is 27.3 Å². The molecule has 29 heavy (non-hydrogen) atoms. The molecule has 1 aliphatic rings. The fraction of sp³-hybridized carbons (Fsp3) is 0.250. The third kappa shape index (κ3) is 5.41. The Bertz CT molecular complexity index is 1010. The first-order valence-corrected chi connectivity index (χ1v) is 10.7. The second-order valence-corrected chi connectivity index (χ2v) is 8.18. The molecule has 3 rings (SSSR count). The lowest BCUT2D eigenvalue weighted by Crippen LogP contribution is -2.37. The molecule has 0 saturated heterocycles. The van der Waals surface area contributed by atoms with Gasteiger partial charge in [-0.15, -0.1) is 0 Å². The number of nitrogens with one attached hydrogen (secondary N) is 1. The number of benzene rings is 2. The number of carbonyl (C=O) groups excluding carboxylic acids is 1. The van der Waals surface area contributed by atoms with Crippen LogP contribution in [-0.4, -0.2) is 46.9 Å². The topological polar surface area (TPSA) is 94.2 Å². The Morgan fingerprint density at radius 2 is 1.97 bits per heavy atom. The molecular weight excluding hydrogens is 396 g/mol. The van der Waals surface area contributed by atoms with Gasteiger partial charge < -0.3 is 19.5 Å². The number of sulfonamides is 1. The van der Waals surface area contributed by atoms with Crippen molar-refractivity contribution in [2.75, 3.05) is 42.2 Å². The van der Waals surface area contributed by atoms with E-state index in [2.05, 4.69) is 11.9 Å². The normalized spacial score (nSPS) is 12.7. The Morgan fingerprint density at radius 3 is 2.69 bits per heavy atom. The van der Waals surface area contributed by atoms with Crippen LogP contribution in [0.25, 0.3) is 0 Å². The molecule has 0 aliphatic carbocycles. The van der Waals surface area contributed by atoms with Crippen LogP contribution in [0.4, 0.5) is 11.4 Å². The van der Waals surface area contributed by atoms with E-state index in [1.807, 2.05) is 0 Å². The molecule has 0 unspecified atom stereocenters. The van der Waals surface area contributed by atoms with E-state index in [-0.39, 0.29) is 0 Å². The van der Waals surface area contributed by atoms with Crippen molar-refractivity contribution < 1.29 is 27.4 Å². The molecule has 1 amide bonds. The van der Waals surface area contributed by atoms with Gasteiger partial charge in [0.1, 0.15) is 32.1 Å². The molecule has 1 N–H and O–H groups in total. The third-order valence-corrected chi connectivity index (χ3v) is 5.13. The summed E-state index contributed by atoms with van der Waals surface area (Å²) >= 11 is 0. The molecule has 0 saturated carbocycles. The largest absolute Gasteiger partial charge is 0.489 e. The van der Waals surface area contributed by atoms with Gasteiger partial charge in [-0.2, -0.15) is 0 Å². The fourth-order valence-electron chi connectivity index (χ4n) is 2.74. The van der Waals surface area contributed by atoms with Crippen LogP contribution < -0.4 is 23.8 Å². The molecule has 1 aliphatic heterocycles. The SMILES string of the molecule is C=CCOc1cccc(NC(=O)CN(c2ccc3c(c2)OCCO3)S(C)(=O)=O)c1. The number of hydrogen-bond acceptors (Lipinski definition) is 6. The second-order valence-electron chi connectivity index (χ2n) is 6.27. The molecule has 0 radical (unpaired) electrons. The van der Waals surface area contributed by atoms with Gasteiger partial charge >= 0.3 is 0 Å². The smallest absolute Gasteiger partial charge is 0.245 e. The first kappa shape index (κ1) is 20.5. The van der Waals surface area contributed by atoms with E-state index in [1.54, 1.807) is 48.5 Å². The van der Waals surface area contributed by atoms with Gasteiger partial charge in [-0.25, -0.2) is 8.42 Å². The van der Waals surface area contributed by atoms with Crippen LogP contribution >= 0.6 is 0 Å². The van der Waals surface area contributed by atoms with Crippen LogP contribution in [-0.2, 0) is 14.8 Å². The summed E-state index contributed by atoms with van der Waals surface area (Å²) in [7, 11) is -3.71. The number of nitrogens with zero attached hydrogens (tertiary/aromatic N) is 1. The molecule has 9 heteroatoms. The summed E-state index contributed by atoms with van der Waals surface area (Å²) in [5, 5.41) is 2.69. The minimum absolute atomic E-state index is 0.315. The van der Waals surface area contributed by atoms with E-state index in [0.717, 1.165) is 10.6 Å². The van der Waals surface area contributed by atoms with Gasteiger partial charge in [-0.3, -0.25) is 9.10 Å². The van der Waals surface area contributed by atoms with Crippen LogP contribution in [0.1, 0.15) is 0 Å². The van der Waals surface area contributed by atoms with Crippen molar-refractivity contribution in [1.29, 1.82) is 0 Å². The Labute approximate surface area is 169 Å². The van der Waals surface area contributed by atoms with E-state index in [1.165, 1.54) is 0 Å². The molecular formula is C20H22N2O6S. The molecule has 0 spiro atoms. The van der Waals surface area contributed by atoms with Crippen molar-refractivity contribution in [3.8, 4) is 17.2 Å². The summed E-state index contributed by atoms with van der Waals surface area (Å²) in [4.78, 5) is 12.5. The summed E-state index contributed by atoms with van der Waals surface area (Å²) in [5.74, 6) is 1.05. The lowest BCUT2D eigenvalue weighted by atomic mass is 10.2. The Morgan fingerprint density at radius 1 is 1.21 bits per heavy atom. The summed E-state index contributed by atoms with van der Waals surface area (Å²) in [6.45, 7) is 4.33. The van der Waals surface area contributed by atoms with E-state index in [4.69, 9.17) is 14.2 Å². The number of hydrogen-bond donors (Lipinski definition) is 1. The van der Waals surface area contributed by atoms with Crippen LogP contribution in [0.3, 0.4) is 0 Å². The van der Waals surface area contributed by atoms with Crippen LogP contribution in [0.15, 0.2) is 55.1 Å². The summed E-state index contributed by atoms with van der Waals surface area (Å²) < 4.78 is 42.0. The average molecular weight is 418 g/mol. The maximum absolute atomic E-state index is 12.5. The fourth-order valence-corrected chi connectivity index (χ4v) is 3.59. The highest BCUT2D eigenvalue weighted by molar-refractivity contribution is 7.92. The first-order valence-electron chi connectivity index (χ1n) is 8.88. The van der Waals surface area contributed by atoms with Gasteiger partial charge in [-0.05, 0) is 24.3 Å². The molecule has 0 atom stereocenters. The highest BCUT2D eigenvalue weighted by atomic mass is 32.2. The lowest BCUT2D eigenvalue weighted by Gasteiger charge is -2.24. The van der Waals surface area contributed by atoms with Crippen LogP contribution in [0.5, 0.6) is 17.2 Å². The number of fused-ring (bicyclic) bond motifs is 1. The summed E-state index contributed by atoms with van der Waals surface area (Å²) in [6.07, 6.45) is 2.66. The molecule has 1 heterocycles. The highest BCUT2D eigenvalue weighted by Crippen LogP contribution is 2.34. The van der Waals surface area contributed by atoms with Crippen LogP contribution in [0.2, 0.25) is 0 Å². The van der Waals surface area contributed by atoms with Gasteiger partial charge in [-0.1, -0.05) is 18.7 Å². The number of carbonyl (C=O) groups is 1. The second kappa shape index (κ2) is 8.87. The van der Waals surface area contributed by atoms with Gasteiger partial charge in [0, 0.05) is 17.8 Å². The maximum Gasteiger partial charge on any atom is 0.245 e. The minimum Gasteiger partial charge on any atom is -0.489 e. The van der Waals surface area contributed by atoms with Crippen molar-refractivity contribution in [1.82, 2.24) is 0 Å². The standard InChI is InChI=1S/C20H22N2O6S/c1-3-9-26-17-6-4-5-15(12-17)21-20(23)14-22(29(2,24)25)16-7-8-18-19(13-16)28-11-10-27-18/h3-8,12-13H,1,9-11,14H2,2H3,(H,21,23). The molecule has 154 valence electrons. The number of amides is 1. The quantitative estimate of drug-likeness (QED) is 0.662. The molecule has 2 aromatic carbocycles. The van der Waals surface area contributed by atoms with Gasteiger partial charge in [0.2, 0.25) is 15.9 Å². The van der Waals surface area contributed by atoms with Gasteiger partial charge in [0.05, 0.1) is 11.9 Å². The molecule has 0 bridgehead atoms. The zero-order chi connectivity index (χ0) is 20.9. The zero-order valence-electron chi connectivity index (χ0n) is 16.0. The Balaban J connectivity index is 1.76. The van der Waals surface area contributed by atoms with Crippen molar-refractivity contribution in [3.63, 3.8) is 0 Å². The predicted octanol–water partition coefficient (Wildman–Crippen LogP) is 2.43. The van der Waals surface area contributed by atoms with E-state index in [9.17, 15) is 13.2 Å². The van der Waals surface area contributed by atoms with Crippen molar-refractivity contribution in [2.24, 2.45) is 0 Å². The zero-order valence-corrected chi connectivity index (χ0v) is 16.8. The summed E-state index contributed by atoms with van der Waals surface area (Å²) in [6, 6.07) is 11.6. The Hall–Kier alpha value is -3.20. The first-order chi connectivity index (χ1) is 13.9. The monoisotopic (exact) mass is 418 g/mol. The van der Waals surface area contributed by atoms with E-state index < -0.39 is 22.5 Å².